The highest BCUT2D eigenvalue weighted by Gasteiger charge is 2.27. The minimum atomic E-state index is -3.53. The van der Waals surface area contributed by atoms with Crippen molar-refractivity contribution in [2.75, 3.05) is 44.1 Å². The van der Waals surface area contributed by atoms with Crippen LogP contribution in [-0.2, 0) is 9.84 Å². The fourth-order valence-electron chi connectivity index (χ4n) is 2.99. The number of likely N-dealkylation sites (N-methyl/N-ethyl adjacent to an activating group) is 1. The van der Waals surface area contributed by atoms with Crippen molar-refractivity contribution in [3.8, 4) is 0 Å². The van der Waals surface area contributed by atoms with Gasteiger partial charge in [0.05, 0.1) is 26.4 Å². The molecule has 3 aromatic rings. The molecule has 0 N–H and O–H groups in total. The number of halogens is 1. The number of hydrogen-bond acceptors (Lipinski definition) is 7. The molecular weight excluding hydrogens is 474 g/mol. The first-order valence-electron chi connectivity index (χ1n) is 9.50. The molecule has 0 fully saturated rings. The summed E-state index contributed by atoms with van der Waals surface area (Å²) < 4.78 is 26.2. The monoisotopic (exact) mass is 499 g/mol. The van der Waals surface area contributed by atoms with Gasteiger partial charge in [0.2, 0.25) is 0 Å². The smallest absolute Gasteiger partial charge is 0.261 e. The Morgan fingerprint density at radius 1 is 1.10 bits per heavy atom. The van der Waals surface area contributed by atoms with Crippen LogP contribution in [0, 0.1) is 0 Å². The number of thioether (sulfide) groups is 1. The number of amides is 1. The average Bonchev–Trinajstić information content (AvgIpc) is 3.17. The van der Waals surface area contributed by atoms with Crippen LogP contribution in [0.3, 0.4) is 0 Å². The molecule has 0 saturated heterocycles. The van der Waals surface area contributed by atoms with Crippen molar-refractivity contribution in [2.45, 2.75) is 16.7 Å². The fraction of sp³-hybridized carbons (Fsp3) is 0.333. The van der Waals surface area contributed by atoms with E-state index in [1.54, 1.807) is 41.8 Å². The van der Waals surface area contributed by atoms with E-state index in [0.717, 1.165) is 15.1 Å². The zero-order valence-corrected chi connectivity index (χ0v) is 21.1. The topological polar surface area (TPSA) is 70.6 Å². The predicted molar refractivity (Wildman–Crippen MR) is 133 cm³/mol. The third-order valence-corrected chi connectivity index (χ3v) is 8.27. The number of carbonyl (C=O) groups excluding carboxylic acids is 1. The van der Waals surface area contributed by atoms with Crippen molar-refractivity contribution in [1.82, 2.24) is 9.88 Å². The lowest BCUT2D eigenvalue weighted by Crippen LogP contribution is -2.37. The number of carbonyl (C=O) groups is 1. The molecule has 0 aliphatic rings. The Labute approximate surface area is 198 Å². The molecule has 0 radical (unpaired) electrons. The number of para-hydroxylation sites is 1. The summed E-state index contributed by atoms with van der Waals surface area (Å²) >= 11 is 3.05. The molecule has 1 amide bonds. The minimum absolute atomic E-state index is 0. The summed E-state index contributed by atoms with van der Waals surface area (Å²) in [6.07, 6.45) is 1.99. The molecule has 31 heavy (non-hydrogen) atoms. The number of benzene rings is 2. The number of hydrogen-bond donors (Lipinski definition) is 0. The lowest BCUT2D eigenvalue weighted by molar-refractivity contribution is 0.0982. The first-order chi connectivity index (χ1) is 14.3. The second-order valence-corrected chi connectivity index (χ2v) is 11.1. The van der Waals surface area contributed by atoms with Gasteiger partial charge >= 0.3 is 0 Å². The summed E-state index contributed by atoms with van der Waals surface area (Å²) in [6.45, 7) is 2.61. The normalized spacial score (nSPS) is 11.5. The van der Waals surface area contributed by atoms with E-state index in [2.05, 4.69) is 0 Å². The van der Waals surface area contributed by atoms with E-state index in [-0.39, 0.29) is 34.5 Å². The van der Waals surface area contributed by atoms with E-state index >= 15 is 0 Å². The maximum absolute atomic E-state index is 13.6. The summed E-state index contributed by atoms with van der Waals surface area (Å²) in [5.74, 6) is -0.415. The molecule has 0 saturated carbocycles. The van der Waals surface area contributed by atoms with Crippen LogP contribution in [0.2, 0.25) is 0 Å². The molecule has 0 atom stereocenters. The van der Waals surface area contributed by atoms with E-state index in [4.69, 9.17) is 4.98 Å². The molecule has 10 heteroatoms. The van der Waals surface area contributed by atoms with Crippen LogP contribution in [0.1, 0.15) is 17.3 Å². The Bertz CT molecular complexity index is 1160. The second-order valence-electron chi connectivity index (χ2n) is 6.96. The highest BCUT2D eigenvalue weighted by atomic mass is 35.5. The van der Waals surface area contributed by atoms with Crippen LogP contribution in [0.15, 0.2) is 52.3 Å². The van der Waals surface area contributed by atoms with Gasteiger partial charge in [-0.3, -0.25) is 9.69 Å². The van der Waals surface area contributed by atoms with Crippen LogP contribution in [0.4, 0.5) is 5.13 Å². The van der Waals surface area contributed by atoms with Crippen LogP contribution in [0.5, 0.6) is 0 Å². The molecule has 168 valence electrons. The Morgan fingerprint density at radius 3 is 2.45 bits per heavy atom. The van der Waals surface area contributed by atoms with E-state index in [0.29, 0.717) is 18.2 Å². The standard InChI is InChI=1S/C21H25N3O3S3.ClH/c1-5-30(26,27)18-12-7-6-9-15(18)20(25)24(14-13-23(2)3)21-22-19-16(28-4)10-8-11-17(19)29-21;/h6-12H,5,13-14H2,1-4H3;1H. The molecule has 1 heterocycles. The zero-order valence-electron chi connectivity index (χ0n) is 17.9. The number of aromatic nitrogens is 1. The van der Waals surface area contributed by atoms with Gasteiger partial charge in [0.25, 0.3) is 5.91 Å². The number of sulfone groups is 1. The van der Waals surface area contributed by atoms with Crippen LogP contribution in [0.25, 0.3) is 10.2 Å². The number of thiazole rings is 1. The maximum atomic E-state index is 13.6. The van der Waals surface area contributed by atoms with Crippen molar-refractivity contribution >= 4 is 66.6 Å². The summed E-state index contributed by atoms with van der Waals surface area (Å²) in [7, 11) is 0.331. The van der Waals surface area contributed by atoms with Crippen molar-refractivity contribution in [3.63, 3.8) is 0 Å². The van der Waals surface area contributed by atoms with E-state index in [1.807, 2.05) is 43.5 Å². The molecule has 1 aromatic heterocycles. The number of nitrogens with zero attached hydrogens (tertiary/aromatic N) is 3. The van der Waals surface area contributed by atoms with Crippen LogP contribution >= 0.6 is 35.5 Å². The molecular formula is C21H26ClN3O3S3. The van der Waals surface area contributed by atoms with E-state index < -0.39 is 9.84 Å². The Kier molecular flexibility index (Phi) is 8.91. The van der Waals surface area contributed by atoms with Gasteiger partial charge in [-0.25, -0.2) is 13.4 Å². The molecule has 0 aliphatic heterocycles. The molecule has 6 nitrogen and oxygen atoms in total. The van der Waals surface area contributed by atoms with Gasteiger partial charge in [0.1, 0.15) is 0 Å². The van der Waals surface area contributed by atoms with Gasteiger partial charge in [0, 0.05) is 18.0 Å². The summed E-state index contributed by atoms with van der Waals surface area (Å²) in [5, 5.41) is 0.571. The summed E-state index contributed by atoms with van der Waals surface area (Å²) in [6, 6.07) is 12.4. The lowest BCUT2D eigenvalue weighted by Gasteiger charge is -2.23. The Balaban J connectivity index is 0.00000341. The van der Waals surface area contributed by atoms with Gasteiger partial charge in [-0.05, 0) is 44.6 Å². The molecule has 3 rings (SSSR count). The second kappa shape index (κ2) is 10.8. The van der Waals surface area contributed by atoms with Crippen LogP contribution in [-0.4, -0.2) is 63.4 Å². The number of anilines is 1. The van der Waals surface area contributed by atoms with E-state index in [9.17, 15) is 13.2 Å². The van der Waals surface area contributed by atoms with Gasteiger partial charge in [-0.15, -0.1) is 24.2 Å². The first-order valence-corrected chi connectivity index (χ1v) is 13.2. The summed E-state index contributed by atoms with van der Waals surface area (Å²) in [4.78, 5) is 23.0. The largest absolute Gasteiger partial charge is 0.308 e. The Morgan fingerprint density at radius 2 is 1.81 bits per heavy atom. The van der Waals surface area contributed by atoms with Gasteiger partial charge in [-0.1, -0.05) is 36.5 Å². The van der Waals surface area contributed by atoms with E-state index in [1.165, 1.54) is 17.4 Å². The number of fused-ring (bicyclic) bond motifs is 1. The quantitative estimate of drug-likeness (QED) is 0.427. The van der Waals surface area contributed by atoms with Gasteiger partial charge in [-0.2, -0.15) is 0 Å². The molecule has 2 aromatic carbocycles. The average molecular weight is 500 g/mol. The maximum Gasteiger partial charge on any atom is 0.261 e. The highest BCUT2D eigenvalue weighted by molar-refractivity contribution is 7.98. The van der Waals surface area contributed by atoms with Crippen molar-refractivity contribution < 1.29 is 13.2 Å². The minimum Gasteiger partial charge on any atom is -0.308 e. The molecule has 0 bridgehead atoms. The predicted octanol–water partition coefficient (Wildman–Crippen LogP) is 4.44. The van der Waals surface area contributed by atoms with Gasteiger partial charge < -0.3 is 4.90 Å². The SMILES string of the molecule is CCS(=O)(=O)c1ccccc1C(=O)N(CCN(C)C)c1nc2c(SC)cccc2s1.Cl. The third-order valence-electron chi connectivity index (χ3n) is 4.67. The zero-order chi connectivity index (χ0) is 21.9. The Hall–Kier alpha value is -1.65. The first kappa shape index (κ1) is 25.6. The van der Waals surface area contributed by atoms with Crippen molar-refractivity contribution in [2.24, 2.45) is 0 Å². The lowest BCUT2D eigenvalue weighted by atomic mass is 10.2. The molecule has 0 spiro atoms. The van der Waals surface area contributed by atoms with Crippen LogP contribution < -0.4 is 4.90 Å². The van der Waals surface area contributed by atoms with Crippen molar-refractivity contribution in [1.29, 1.82) is 0 Å². The molecule has 0 aliphatic carbocycles. The van der Waals surface area contributed by atoms with Gasteiger partial charge in [0.15, 0.2) is 15.0 Å². The fourth-order valence-corrected chi connectivity index (χ4v) is 5.72. The number of rotatable bonds is 8. The highest BCUT2D eigenvalue weighted by Crippen LogP contribution is 2.35. The third kappa shape index (κ3) is 5.59. The summed E-state index contributed by atoms with van der Waals surface area (Å²) in [5.41, 5.74) is 1.05. The van der Waals surface area contributed by atoms with Crippen molar-refractivity contribution in [3.05, 3.63) is 48.0 Å². The molecule has 0 unspecified atom stereocenters.